The van der Waals surface area contributed by atoms with Crippen LogP contribution in [0, 0.1) is 13.8 Å². The highest BCUT2D eigenvalue weighted by molar-refractivity contribution is 5.74. The summed E-state index contributed by atoms with van der Waals surface area (Å²) in [7, 11) is 0. The molecule has 0 heterocycles. The van der Waals surface area contributed by atoms with Gasteiger partial charge in [-0.1, -0.05) is 46.5 Å². The normalized spacial score (nSPS) is 15.9. The average Bonchev–Trinajstić information content (AvgIpc) is 2.45. The molecule has 2 rings (SSSR count). The Labute approximate surface area is 92.3 Å². The van der Waals surface area contributed by atoms with Crippen LogP contribution in [0.2, 0.25) is 0 Å². The van der Waals surface area contributed by atoms with Gasteiger partial charge in [0.15, 0.2) is 0 Å². The average molecular weight is 198 g/mol. The van der Waals surface area contributed by atoms with Gasteiger partial charge < -0.3 is 0 Å². The standard InChI is InChI=1S/C15H18/c1-10-5-11(2)7-14(6-10)15-8-12(3)13(4)9-15/h5-8H,9H2,1-4H3. The predicted molar refractivity (Wildman–Crippen MR) is 66.9 cm³/mol. The number of benzene rings is 1. The van der Waals surface area contributed by atoms with Crippen LogP contribution < -0.4 is 0 Å². The zero-order valence-corrected chi connectivity index (χ0v) is 10.0. The van der Waals surface area contributed by atoms with Crippen LogP contribution in [0.25, 0.3) is 5.57 Å². The third-order valence-electron chi connectivity index (χ3n) is 3.11. The van der Waals surface area contributed by atoms with Gasteiger partial charge in [0.05, 0.1) is 0 Å². The lowest BCUT2D eigenvalue weighted by Gasteiger charge is -2.06. The van der Waals surface area contributed by atoms with Crippen molar-refractivity contribution in [3.05, 3.63) is 52.1 Å². The molecule has 0 spiro atoms. The summed E-state index contributed by atoms with van der Waals surface area (Å²) in [5, 5.41) is 0. The highest BCUT2D eigenvalue weighted by Crippen LogP contribution is 2.32. The van der Waals surface area contributed by atoms with Crippen molar-refractivity contribution in [1.82, 2.24) is 0 Å². The van der Waals surface area contributed by atoms with E-state index < -0.39 is 0 Å². The van der Waals surface area contributed by atoms with Crippen molar-refractivity contribution in [2.45, 2.75) is 34.1 Å². The van der Waals surface area contributed by atoms with Crippen LogP contribution in [-0.2, 0) is 0 Å². The molecule has 1 aliphatic rings. The number of aryl methyl sites for hydroxylation is 2. The number of hydrogen-bond acceptors (Lipinski definition) is 0. The van der Waals surface area contributed by atoms with E-state index in [2.05, 4.69) is 52.0 Å². The van der Waals surface area contributed by atoms with Gasteiger partial charge in [0.2, 0.25) is 0 Å². The first-order valence-electron chi connectivity index (χ1n) is 5.52. The maximum atomic E-state index is 2.32. The Bertz CT molecular complexity index is 439. The number of allylic oxidation sites excluding steroid dienone is 4. The zero-order valence-electron chi connectivity index (χ0n) is 10.0. The summed E-state index contributed by atoms with van der Waals surface area (Å²) in [6, 6.07) is 6.79. The van der Waals surface area contributed by atoms with Crippen LogP contribution in [0.3, 0.4) is 0 Å². The highest BCUT2D eigenvalue weighted by atomic mass is 14.2. The fourth-order valence-corrected chi connectivity index (χ4v) is 2.21. The molecule has 0 saturated heterocycles. The number of rotatable bonds is 1. The van der Waals surface area contributed by atoms with E-state index >= 15 is 0 Å². The van der Waals surface area contributed by atoms with Crippen LogP contribution in [0.5, 0.6) is 0 Å². The van der Waals surface area contributed by atoms with Gasteiger partial charge in [-0.2, -0.15) is 0 Å². The van der Waals surface area contributed by atoms with Crippen LogP contribution in [0.1, 0.15) is 37.0 Å². The smallest absolute Gasteiger partial charge is 0.00581 e. The summed E-state index contributed by atoms with van der Waals surface area (Å²) in [6.45, 7) is 8.75. The van der Waals surface area contributed by atoms with Gasteiger partial charge >= 0.3 is 0 Å². The molecule has 0 N–H and O–H groups in total. The Balaban J connectivity index is 2.37. The van der Waals surface area contributed by atoms with Crippen molar-refractivity contribution in [1.29, 1.82) is 0 Å². The van der Waals surface area contributed by atoms with Gasteiger partial charge in [-0.3, -0.25) is 0 Å². The van der Waals surface area contributed by atoms with E-state index in [4.69, 9.17) is 0 Å². The second kappa shape index (κ2) is 3.69. The molecule has 0 aromatic heterocycles. The Morgan fingerprint density at radius 2 is 1.47 bits per heavy atom. The largest absolute Gasteiger partial charge is 0.0660 e. The van der Waals surface area contributed by atoms with Crippen molar-refractivity contribution in [2.75, 3.05) is 0 Å². The maximum Gasteiger partial charge on any atom is -0.00581 e. The van der Waals surface area contributed by atoms with Gasteiger partial charge in [-0.15, -0.1) is 0 Å². The first-order valence-corrected chi connectivity index (χ1v) is 5.52. The Morgan fingerprint density at radius 3 is 1.93 bits per heavy atom. The molecular weight excluding hydrogens is 180 g/mol. The maximum absolute atomic E-state index is 2.32. The Kier molecular flexibility index (Phi) is 2.52. The van der Waals surface area contributed by atoms with E-state index in [0.29, 0.717) is 0 Å². The fourth-order valence-electron chi connectivity index (χ4n) is 2.21. The summed E-state index contributed by atoms with van der Waals surface area (Å²) in [5.41, 5.74) is 8.51. The minimum absolute atomic E-state index is 1.12. The fraction of sp³-hybridized carbons (Fsp3) is 0.333. The quantitative estimate of drug-likeness (QED) is 0.626. The van der Waals surface area contributed by atoms with Crippen molar-refractivity contribution < 1.29 is 0 Å². The Hall–Kier alpha value is -1.30. The van der Waals surface area contributed by atoms with Gasteiger partial charge in [-0.05, 0) is 45.3 Å². The third-order valence-corrected chi connectivity index (χ3v) is 3.11. The lowest BCUT2D eigenvalue weighted by atomic mass is 9.99. The molecule has 0 fully saturated rings. The van der Waals surface area contributed by atoms with E-state index in [1.54, 1.807) is 0 Å². The molecule has 0 heteroatoms. The van der Waals surface area contributed by atoms with E-state index in [1.807, 2.05) is 0 Å². The van der Waals surface area contributed by atoms with E-state index in [9.17, 15) is 0 Å². The van der Waals surface area contributed by atoms with Gasteiger partial charge in [0.25, 0.3) is 0 Å². The van der Waals surface area contributed by atoms with Crippen LogP contribution >= 0.6 is 0 Å². The van der Waals surface area contributed by atoms with E-state index in [-0.39, 0.29) is 0 Å². The Morgan fingerprint density at radius 1 is 0.867 bits per heavy atom. The summed E-state index contributed by atoms with van der Waals surface area (Å²) in [4.78, 5) is 0. The summed E-state index contributed by atoms with van der Waals surface area (Å²) >= 11 is 0. The molecule has 78 valence electrons. The number of hydrogen-bond donors (Lipinski definition) is 0. The van der Waals surface area contributed by atoms with E-state index in [0.717, 1.165) is 6.42 Å². The second-order valence-electron chi connectivity index (χ2n) is 4.69. The third kappa shape index (κ3) is 2.04. The van der Waals surface area contributed by atoms with Gasteiger partial charge in [0, 0.05) is 0 Å². The molecular formula is C15H18. The predicted octanol–water partition coefficient (Wildman–Crippen LogP) is 4.43. The molecule has 1 aliphatic carbocycles. The first kappa shape index (κ1) is 10.2. The van der Waals surface area contributed by atoms with Crippen LogP contribution in [-0.4, -0.2) is 0 Å². The lowest BCUT2D eigenvalue weighted by Crippen LogP contribution is -1.86. The van der Waals surface area contributed by atoms with Crippen molar-refractivity contribution in [3.8, 4) is 0 Å². The second-order valence-corrected chi connectivity index (χ2v) is 4.69. The molecule has 0 aliphatic heterocycles. The van der Waals surface area contributed by atoms with Gasteiger partial charge in [0.1, 0.15) is 0 Å². The molecule has 0 amide bonds. The monoisotopic (exact) mass is 198 g/mol. The molecule has 0 radical (unpaired) electrons. The minimum Gasteiger partial charge on any atom is -0.0660 e. The molecule has 15 heavy (non-hydrogen) atoms. The summed E-state index contributed by atoms with van der Waals surface area (Å²) < 4.78 is 0. The molecule has 0 unspecified atom stereocenters. The SMILES string of the molecule is CC1=C(C)CC(c2cc(C)cc(C)c2)=C1. The zero-order chi connectivity index (χ0) is 11.0. The molecule has 0 saturated carbocycles. The van der Waals surface area contributed by atoms with Crippen molar-refractivity contribution in [3.63, 3.8) is 0 Å². The summed E-state index contributed by atoms with van der Waals surface area (Å²) in [6.07, 6.45) is 3.44. The van der Waals surface area contributed by atoms with Crippen molar-refractivity contribution in [2.24, 2.45) is 0 Å². The lowest BCUT2D eigenvalue weighted by molar-refractivity contribution is 1.22. The topological polar surface area (TPSA) is 0 Å². The van der Waals surface area contributed by atoms with Crippen molar-refractivity contribution >= 4 is 5.57 Å². The van der Waals surface area contributed by atoms with Gasteiger partial charge in [-0.25, -0.2) is 0 Å². The molecule has 0 nitrogen and oxygen atoms in total. The molecule has 1 aromatic rings. The first-order chi connectivity index (χ1) is 7.06. The van der Waals surface area contributed by atoms with Crippen LogP contribution in [0.15, 0.2) is 35.4 Å². The molecule has 1 aromatic carbocycles. The molecule has 0 bridgehead atoms. The molecule has 0 atom stereocenters. The highest BCUT2D eigenvalue weighted by Gasteiger charge is 2.11. The summed E-state index contributed by atoms with van der Waals surface area (Å²) in [5.74, 6) is 0. The van der Waals surface area contributed by atoms with Crippen LogP contribution in [0.4, 0.5) is 0 Å². The van der Waals surface area contributed by atoms with E-state index in [1.165, 1.54) is 33.4 Å². The minimum atomic E-state index is 1.12.